The van der Waals surface area contributed by atoms with E-state index in [-0.39, 0.29) is 0 Å². The van der Waals surface area contributed by atoms with Crippen molar-refractivity contribution in [2.45, 2.75) is 0 Å². The molecule has 0 aliphatic heterocycles. The number of nitrogens with zero attached hydrogens (tertiary/aromatic N) is 1. The minimum Gasteiger partial charge on any atom is -0.455 e. The van der Waals surface area contributed by atoms with Gasteiger partial charge < -0.3 is 9.32 Å². The van der Waals surface area contributed by atoms with Crippen molar-refractivity contribution in [3.8, 4) is 33.4 Å². The van der Waals surface area contributed by atoms with E-state index in [9.17, 15) is 0 Å². The Morgan fingerprint density at radius 3 is 1.66 bits per heavy atom. The quantitative estimate of drug-likeness (QED) is 0.160. The van der Waals surface area contributed by atoms with E-state index in [1.807, 2.05) is 0 Å². The van der Waals surface area contributed by atoms with Crippen molar-refractivity contribution < 1.29 is 4.42 Å². The number of rotatable bonds is 6. The van der Waals surface area contributed by atoms with Crippen LogP contribution in [0.3, 0.4) is 0 Å². The molecule has 0 saturated heterocycles. The second kappa shape index (κ2) is 13.2. The summed E-state index contributed by atoms with van der Waals surface area (Å²) in [5, 5.41) is 9.54. The summed E-state index contributed by atoms with van der Waals surface area (Å²) in [4.78, 5) is 2.36. The number of para-hydroxylation sites is 1. The fourth-order valence-corrected chi connectivity index (χ4v) is 8.54. The SMILES string of the molecule is c1ccc(-c2cccc(N(c3ccc(-c4cccc5c4oc4c6ccccc6c(-c6ccccc6)cc54)cc3)c3ccc4c(ccc5ccccc54)c3)c2)cc1. The number of furan rings is 1. The minimum atomic E-state index is 0.903. The Hall–Kier alpha value is -7.42. The van der Waals surface area contributed by atoms with Gasteiger partial charge in [-0.05, 0) is 97.2 Å². The third-order valence-corrected chi connectivity index (χ3v) is 11.2. The van der Waals surface area contributed by atoms with Crippen LogP contribution in [0.2, 0.25) is 0 Å². The zero-order valence-corrected chi connectivity index (χ0v) is 30.6. The molecule has 0 aliphatic rings. The van der Waals surface area contributed by atoms with Crippen LogP contribution in [-0.2, 0) is 0 Å². The van der Waals surface area contributed by atoms with Gasteiger partial charge in [-0.15, -0.1) is 0 Å². The van der Waals surface area contributed by atoms with E-state index in [0.717, 1.165) is 55.5 Å². The van der Waals surface area contributed by atoms with Crippen LogP contribution in [0, 0.1) is 0 Å². The monoisotopic (exact) mass is 713 g/mol. The number of anilines is 3. The normalized spacial score (nSPS) is 11.6. The first-order valence-corrected chi connectivity index (χ1v) is 19.2. The van der Waals surface area contributed by atoms with Gasteiger partial charge in [0.25, 0.3) is 0 Å². The Balaban J connectivity index is 1.05. The summed E-state index contributed by atoms with van der Waals surface area (Å²) in [5.74, 6) is 0. The molecule has 0 aliphatic carbocycles. The van der Waals surface area contributed by atoms with E-state index < -0.39 is 0 Å². The van der Waals surface area contributed by atoms with E-state index in [1.165, 1.54) is 49.2 Å². The van der Waals surface area contributed by atoms with Crippen LogP contribution in [0.4, 0.5) is 17.1 Å². The van der Waals surface area contributed by atoms with Crippen molar-refractivity contribution in [3.63, 3.8) is 0 Å². The summed E-state index contributed by atoms with van der Waals surface area (Å²) in [7, 11) is 0. The van der Waals surface area contributed by atoms with E-state index in [0.29, 0.717) is 0 Å². The molecule has 2 nitrogen and oxygen atoms in total. The third-order valence-electron chi connectivity index (χ3n) is 11.2. The maximum Gasteiger partial charge on any atom is 0.143 e. The summed E-state index contributed by atoms with van der Waals surface area (Å²) >= 11 is 0. The van der Waals surface area contributed by atoms with Gasteiger partial charge in [0.15, 0.2) is 0 Å². The van der Waals surface area contributed by atoms with Gasteiger partial charge >= 0.3 is 0 Å². The molecule has 1 heterocycles. The lowest BCUT2D eigenvalue weighted by molar-refractivity contribution is 0.674. The Bertz CT molecular complexity index is 3230. The lowest BCUT2D eigenvalue weighted by atomic mass is 9.95. The van der Waals surface area contributed by atoms with Gasteiger partial charge in [-0.2, -0.15) is 0 Å². The topological polar surface area (TPSA) is 16.4 Å². The van der Waals surface area contributed by atoms with Gasteiger partial charge in [0.2, 0.25) is 0 Å². The second-order valence-electron chi connectivity index (χ2n) is 14.5. The predicted molar refractivity (Wildman–Crippen MR) is 237 cm³/mol. The Kier molecular flexibility index (Phi) is 7.53. The summed E-state index contributed by atoms with van der Waals surface area (Å²) in [6.07, 6.45) is 0. The second-order valence-corrected chi connectivity index (χ2v) is 14.5. The molecular formula is C54H35NO. The van der Waals surface area contributed by atoms with Gasteiger partial charge in [-0.1, -0.05) is 170 Å². The van der Waals surface area contributed by atoms with Crippen LogP contribution in [0.1, 0.15) is 0 Å². The van der Waals surface area contributed by atoms with E-state index in [4.69, 9.17) is 4.42 Å². The standard InChI is InChI=1S/C54H35NO/c1-3-13-36(14-4-1)40-18-11-19-43(33-40)55(44-31-32-46-41(34-44)26-25-38-17-7-8-20-45(38)46)42-29-27-39(28-30-42)47-23-12-24-50-52-35-51(37-15-5-2-6-16-37)48-21-9-10-22-49(48)54(52)56-53(47)50/h1-35H. The molecule has 0 spiro atoms. The molecule has 0 fully saturated rings. The molecule has 0 bridgehead atoms. The molecule has 262 valence electrons. The smallest absolute Gasteiger partial charge is 0.143 e. The highest BCUT2D eigenvalue weighted by Crippen LogP contribution is 2.44. The summed E-state index contributed by atoms with van der Waals surface area (Å²) in [6.45, 7) is 0. The largest absolute Gasteiger partial charge is 0.455 e. The fraction of sp³-hybridized carbons (Fsp3) is 0. The summed E-state index contributed by atoms with van der Waals surface area (Å²) in [6, 6.07) is 76.3. The molecule has 0 unspecified atom stereocenters. The highest BCUT2D eigenvalue weighted by Gasteiger charge is 2.19. The van der Waals surface area contributed by atoms with Crippen molar-refractivity contribution >= 4 is 71.3 Å². The molecule has 1 aromatic heterocycles. The molecule has 10 aromatic carbocycles. The average Bonchev–Trinajstić information content (AvgIpc) is 3.66. The lowest BCUT2D eigenvalue weighted by Gasteiger charge is -2.27. The lowest BCUT2D eigenvalue weighted by Crippen LogP contribution is -2.10. The predicted octanol–water partition coefficient (Wildman–Crippen LogP) is 15.5. The first-order chi connectivity index (χ1) is 27.8. The molecule has 11 rings (SSSR count). The van der Waals surface area contributed by atoms with Gasteiger partial charge in [0.05, 0.1) is 0 Å². The molecule has 11 aromatic rings. The number of hydrogen-bond donors (Lipinski definition) is 0. The Labute approximate surface area is 325 Å². The summed E-state index contributed by atoms with van der Waals surface area (Å²) < 4.78 is 6.87. The van der Waals surface area contributed by atoms with Crippen LogP contribution in [0.15, 0.2) is 217 Å². The van der Waals surface area contributed by atoms with Crippen molar-refractivity contribution in [1.82, 2.24) is 0 Å². The first kappa shape index (κ1) is 32.0. The van der Waals surface area contributed by atoms with Crippen LogP contribution in [-0.4, -0.2) is 0 Å². The zero-order chi connectivity index (χ0) is 37.0. The molecule has 56 heavy (non-hydrogen) atoms. The van der Waals surface area contributed by atoms with Crippen molar-refractivity contribution in [1.29, 1.82) is 0 Å². The van der Waals surface area contributed by atoms with Crippen LogP contribution in [0.5, 0.6) is 0 Å². The Morgan fingerprint density at radius 2 is 0.839 bits per heavy atom. The third kappa shape index (κ3) is 5.34. The van der Waals surface area contributed by atoms with E-state index >= 15 is 0 Å². The maximum atomic E-state index is 6.87. The Morgan fingerprint density at radius 1 is 0.268 bits per heavy atom. The van der Waals surface area contributed by atoms with Crippen LogP contribution >= 0.6 is 0 Å². The molecule has 0 atom stereocenters. The average molecular weight is 714 g/mol. The van der Waals surface area contributed by atoms with Gasteiger partial charge in [0.1, 0.15) is 11.2 Å². The highest BCUT2D eigenvalue weighted by molar-refractivity contribution is 6.20. The number of benzene rings is 10. The van der Waals surface area contributed by atoms with Gasteiger partial charge in [-0.25, -0.2) is 0 Å². The molecule has 0 N–H and O–H groups in total. The molecule has 0 radical (unpaired) electrons. The van der Waals surface area contributed by atoms with E-state index in [2.05, 4.69) is 217 Å². The maximum absolute atomic E-state index is 6.87. The van der Waals surface area contributed by atoms with Crippen molar-refractivity contribution in [3.05, 3.63) is 212 Å². The minimum absolute atomic E-state index is 0.903. The molecule has 0 saturated carbocycles. The molecule has 2 heteroatoms. The fourth-order valence-electron chi connectivity index (χ4n) is 8.54. The molecular weight excluding hydrogens is 679 g/mol. The zero-order valence-electron chi connectivity index (χ0n) is 30.6. The van der Waals surface area contributed by atoms with Crippen LogP contribution < -0.4 is 4.90 Å². The first-order valence-electron chi connectivity index (χ1n) is 19.2. The van der Waals surface area contributed by atoms with Crippen LogP contribution in [0.25, 0.3) is 87.6 Å². The van der Waals surface area contributed by atoms with Gasteiger partial charge in [0, 0.05) is 38.8 Å². The van der Waals surface area contributed by atoms with Gasteiger partial charge in [-0.3, -0.25) is 0 Å². The van der Waals surface area contributed by atoms with E-state index in [1.54, 1.807) is 0 Å². The number of hydrogen-bond acceptors (Lipinski definition) is 2. The molecule has 0 amide bonds. The summed E-state index contributed by atoms with van der Waals surface area (Å²) in [5.41, 5.74) is 12.1. The van der Waals surface area contributed by atoms with Crippen molar-refractivity contribution in [2.24, 2.45) is 0 Å². The number of fused-ring (bicyclic) bond motifs is 8. The van der Waals surface area contributed by atoms with Crippen molar-refractivity contribution in [2.75, 3.05) is 4.90 Å². The highest BCUT2D eigenvalue weighted by atomic mass is 16.3.